The molecule has 0 radical (unpaired) electrons. The predicted molar refractivity (Wildman–Crippen MR) is 106 cm³/mol. The molecular weight excluding hydrogens is 348 g/mol. The number of hydrogen-bond acceptors (Lipinski definition) is 5. The lowest BCUT2D eigenvalue weighted by Crippen LogP contribution is -2.19. The van der Waals surface area contributed by atoms with Crippen LogP contribution in [0.5, 0.6) is 11.5 Å². The Bertz CT molecular complexity index is 897. The molecule has 5 nitrogen and oxygen atoms in total. The van der Waals surface area contributed by atoms with Gasteiger partial charge in [0.2, 0.25) is 0 Å². The van der Waals surface area contributed by atoms with Gasteiger partial charge in [-0.05, 0) is 66.6 Å². The second-order valence-corrected chi connectivity index (χ2v) is 6.95. The van der Waals surface area contributed by atoms with Crippen LogP contribution in [0.2, 0.25) is 0 Å². The molecule has 26 heavy (non-hydrogen) atoms. The largest absolute Gasteiger partial charge is 0.497 e. The number of amides is 1. The molecule has 1 saturated heterocycles. The van der Waals surface area contributed by atoms with Crippen LogP contribution in [0.3, 0.4) is 0 Å². The van der Waals surface area contributed by atoms with E-state index in [1.165, 1.54) is 11.8 Å². The fourth-order valence-electron chi connectivity index (χ4n) is 2.49. The summed E-state index contributed by atoms with van der Waals surface area (Å²) in [6.07, 6.45) is 1.80. The minimum absolute atomic E-state index is 0.166. The van der Waals surface area contributed by atoms with Crippen molar-refractivity contribution in [1.82, 2.24) is 5.32 Å². The number of carbonyl (C=O) groups is 1. The SMILES string of the molecule is COc1cc(/C=C2\SC(=Nc3cc(C)ccc3C)NC2=O)cc(OC)c1. The molecule has 0 aromatic heterocycles. The number of aryl methyl sites for hydroxylation is 2. The zero-order chi connectivity index (χ0) is 18.7. The van der Waals surface area contributed by atoms with Gasteiger partial charge < -0.3 is 14.8 Å². The van der Waals surface area contributed by atoms with Crippen LogP contribution in [-0.4, -0.2) is 25.3 Å². The molecule has 1 heterocycles. The van der Waals surface area contributed by atoms with Gasteiger partial charge in [-0.2, -0.15) is 0 Å². The van der Waals surface area contributed by atoms with Gasteiger partial charge in [0.25, 0.3) is 5.91 Å². The molecule has 0 spiro atoms. The number of aliphatic imine (C=N–C) groups is 1. The summed E-state index contributed by atoms with van der Waals surface area (Å²) in [5, 5.41) is 3.39. The lowest BCUT2D eigenvalue weighted by molar-refractivity contribution is -0.115. The Morgan fingerprint density at radius 1 is 1.04 bits per heavy atom. The highest BCUT2D eigenvalue weighted by Crippen LogP contribution is 2.31. The normalized spacial score (nSPS) is 16.8. The van der Waals surface area contributed by atoms with Crippen molar-refractivity contribution in [3.05, 3.63) is 58.0 Å². The second kappa shape index (κ2) is 7.66. The third-order valence-electron chi connectivity index (χ3n) is 3.91. The van der Waals surface area contributed by atoms with E-state index in [9.17, 15) is 4.79 Å². The Kier molecular flexibility index (Phi) is 5.32. The molecule has 0 aliphatic carbocycles. The first-order valence-electron chi connectivity index (χ1n) is 8.08. The fourth-order valence-corrected chi connectivity index (χ4v) is 3.33. The van der Waals surface area contributed by atoms with Crippen LogP contribution >= 0.6 is 11.8 Å². The van der Waals surface area contributed by atoms with E-state index in [0.29, 0.717) is 21.6 Å². The van der Waals surface area contributed by atoms with Crippen LogP contribution in [0.25, 0.3) is 6.08 Å². The lowest BCUT2D eigenvalue weighted by atomic mass is 10.1. The van der Waals surface area contributed by atoms with Crippen LogP contribution < -0.4 is 14.8 Å². The number of nitrogens with zero attached hydrogens (tertiary/aromatic N) is 1. The van der Waals surface area contributed by atoms with Crippen molar-refractivity contribution < 1.29 is 14.3 Å². The van der Waals surface area contributed by atoms with Gasteiger partial charge in [-0.15, -0.1) is 0 Å². The Balaban J connectivity index is 1.89. The molecule has 1 amide bonds. The number of thioether (sulfide) groups is 1. The summed E-state index contributed by atoms with van der Waals surface area (Å²) in [7, 11) is 3.19. The highest BCUT2D eigenvalue weighted by molar-refractivity contribution is 8.18. The van der Waals surface area contributed by atoms with E-state index in [0.717, 1.165) is 22.4 Å². The maximum absolute atomic E-state index is 12.3. The second-order valence-electron chi connectivity index (χ2n) is 5.92. The molecule has 134 valence electrons. The molecule has 0 saturated carbocycles. The van der Waals surface area contributed by atoms with Crippen molar-refractivity contribution in [3.8, 4) is 11.5 Å². The van der Waals surface area contributed by atoms with Crippen molar-refractivity contribution in [2.24, 2.45) is 4.99 Å². The maximum Gasteiger partial charge on any atom is 0.264 e. The van der Waals surface area contributed by atoms with E-state index in [4.69, 9.17) is 9.47 Å². The summed E-state index contributed by atoms with van der Waals surface area (Å²) in [4.78, 5) is 17.5. The molecule has 1 fully saturated rings. The summed E-state index contributed by atoms with van der Waals surface area (Å²) in [6.45, 7) is 4.02. The molecule has 2 aromatic carbocycles. The van der Waals surface area contributed by atoms with Crippen LogP contribution in [0.15, 0.2) is 46.3 Å². The number of ether oxygens (including phenoxy) is 2. The summed E-state index contributed by atoms with van der Waals surface area (Å²) in [5.41, 5.74) is 3.88. The average Bonchev–Trinajstić information content (AvgIpc) is 2.96. The summed E-state index contributed by atoms with van der Waals surface area (Å²) < 4.78 is 10.5. The van der Waals surface area contributed by atoms with E-state index >= 15 is 0 Å². The smallest absolute Gasteiger partial charge is 0.264 e. The molecule has 2 aromatic rings. The first-order chi connectivity index (χ1) is 12.5. The highest BCUT2D eigenvalue weighted by atomic mass is 32.2. The van der Waals surface area contributed by atoms with Crippen LogP contribution in [0.1, 0.15) is 16.7 Å². The maximum atomic E-state index is 12.3. The van der Waals surface area contributed by atoms with Crippen molar-refractivity contribution in [2.75, 3.05) is 14.2 Å². The Morgan fingerprint density at radius 3 is 2.38 bits per heavy atom. The first kappa shape index (κ1) is 18.1. The number of hydrogen-bond donors (Lipinski definition) is 1. The van der Waals surface area contributed by atoms with Gasteiger partial charge in [-0.3, -0.25) is 4.79 Å². The van der Waals surface area contributed by atoms with Crippen molar-refractivity contribution in [1.29, 1.82) is 0 Å². The number of rotatable bonds is 4. The molecule has 0 bridgehead atoms. The lowest BCUT2D eigenvalue weighted by Gasteiger charge is -2.06. The zero-order valence-corrected chi connectivity index (χ0v) is 15.9. The van der Waals surface area contributed by atoms with Crippen molar-refractivity contribution >= 4 is 34.6 Å². The Hall–Kier alpha value is -2.73. The molecule has 1 aliphatic heterocycles. The topological polar surface area (TPSA) is 59.9 Å². The molecule has 1 aliphatic rings. The van der Waals surface area contributed by atoms with Crippen LogP contribution in [0.4, 0.5) is 5.69 Å². The van der Waals surface area contributed by atoms with Gasteiger partial charge in [0.05, 0.1) is 24.8 Å². The summed E-state index contributed by atoms with van der Waals surface area (Å²) in [6, 6.07) is 11.6. The average molecular weight is 368 g/mol. The van der Waals surface area contributed by atoms with E-state index in [1.807, 2.05) is 44.2 Å². The highest BCUT2D eigenvalue weighted by Gasteiger charge is 2.24. The van der Waals surface area contributed by atoms with E-state index in [2.05, 4.69) is 10.3 Å². The van der Waals surface area contributed by atoms with Gasteiger partial charge >= 0.3 is 0 Å². The number of carbonyl (C=O) groups excluding carboxylic acids is 1. The summed E-state index contributed by atoms with van der Waals surface area (Å²) in [5.74, 6) is 1.17. The van der Waals surface area contributed by atoms with Crippen LogP contribution in [0, 0.1) is 13.8 Å². The van der Waals surface area contributed by atoms with Gasteiger partial charge in [0, 0.05) is 6.07 Å². The quantitative estimate of drug-likeness (QED) is 0.821. The fraction of sp³-hybridized carbons (Fsp3) is 0.200. The first-order valence-corrected chi connectivity index (χ1v) is 8.90. The number of benzene rings is 2. The van der Waals surface area contributed by atoms with Crippen molar-refractivity contribution in [2.45, 2.75) is 13.8 Å². The third kappa shape index (κ3) is 4.08. The van der Waals surface area contributed by atoms with Gasteiger partial charge in [-0.1, -0.05) is 12.1 Å². The Labute approximate surface area is 157 Å². The number of methoxy groups -OCH3 is 2. The van der Waals surface area contributed by atoms with E-state index in [1.54, 1.807) is 26.4 Å². The number of amidine groups is 1. The van der Waals surface area contributed by atoms with Gasteiger partial charge in [0.1, 0.15) is 11.5 Å². The number of nitrogens with one attached hydrogen (secondary N) is 1. The summed E-state index contributed by atoms with van der Waals surface area (Å²) >= 11 is 1.32. The molecule has 6 heteroatoms. The third-order valence-corrected chi connectivity index (χ3v) is 4.82. The Morgan fingerprint density at radius 2 is 1.73 bits per heavy atom. The van der Waals surface area contributed by atoms with Gasteiger partial charge in [-0.25, -0.2) is 4.99 Å². The van der Waals surface area contributed by atoms with E-state index in [-0.39, 0.29) is 5.91 Å². The zero-order valence-electron chi connectivity index (χ0n) is 15.1. The monoisotopic (exact) mass is 368 g/mol. The molecule has 0 unspecified atom stereocenters. The van der Waals surface area contributed by atoms with Crippen molar-refractivity contribution in [3.63, 3.8) is 0 Å². The minimum Gasteiger partial charge on any atom is -0.497 e. The molecule has 3 rings (SSSR count). The minimum atomic E-state index is -0.166. The standard InChI is InChI=1S/C20H20N2O3S/c1-12-5-6-13(2)17(7-12)21-20-22-19(23)18(26-20)10-14-8-15(24-3)11-16(9-14)25-4/h5-11H,1-4H3,(H,21,22,23)/b18-10-. The van der Waals surface area contributed by atoms with Crippen LogP contribution in [-0.2, 0) is 4.79 Å². The van der Waals surface area contributed by atoms with Gasteiger partial charge in [0.15, 0.2) is 5.17 Å². The molecular formula is C20H20N2O3S. The predicted octanol–water partition coefficient (Wildman–Crippen LogP) is 4.21. The molecule has 0 atom stereocenters. The van der Waals surface area contributed by atoms with E-state index < -0.39 is 0 Å². The molecule has 1 N–H and O–H groups in total.